The first-order valence-electron chi connectivity index (χ1n) is 14.7. The van der Waals surface area contributed by atoms with E-state index in [-0.39, 0.29) is 19.4 Å². The van der Waals surface area contributed by atoms with Crippen molar-refractivity contribution in [1.29, 1.82) is 0 Å². The van der Waals surface area contributed by atoms with Gasteiger partial charge in [0.25, 0.3) is 0 Å². The molecule has 0 spiro atoms. The summed E-state index contributed by atoms with van der Waals surface area (Å²) in [4.78, 5) is 22.0. The number of aliphatic carboxylic acids is 2. The van der Waals surface area contributed by atoms with Gasteiger partial charge < -0.3 is 24.4 Å². The van der Waals surface area contributed by atoms with Gasteiger partial charge in [-0.05, 0) is 96.3 Å². The van der Waals surface area contributed by atoms with Gasteiger partial charge in [-0.3, -0.25) is 9.59 Å². The Kier molecular flexibility index (Phi) is 13.5. The molecule has 238 valence electrons. The molecule has 0 unspecified atom stereocenters. The maximum Gasteiger partial charge on any atom is 0.416 e. The number of hydrogen-bond acceptors (Lipinski definition) is 5. The Balaban J connectivity index is 1.52. The molecule has 10 heteroatoms. The molecule has 3 aromatic carbocycles. The Morgan fingerprint density at radius 2 is 1.45 bits per heavy atom. The number of carboxylic acids is 2. The lowest BCUT2D eigenvalue weighted by atomic mass is 9.97. The summed E-state index contributed by atoms with van der Waals surface area (Å²) in [6.07, 6.45) is 0.613. The lowest BCUT2D eigenvalue weighted by Gasteiger charge is -2.15. The molecule has 0 aliphatic heterocycles. The van der Waals surface area contributed by atoms with Gasteiger partial charge >= 0.3 is 18.1 Å². The van der Waals surface area contributed by atoms with Crippen molar-refractivity contribution in [3.63, 3.8) is 0 Å². The highest BCUT2D eigenvalue weighted by atomic mass is 19.4. The van der Waals surface area contributed by atoms with E-state index in [0.29, 0.717) is 43.1 Å². The van der Waals surface area contributed by atoms with Gasteiger partial charge in [0.05, 0.1) is 25.4 Å². The third-order valence-electron chi connectivity index (χ3n) is 7.04. The second kappa shape index (κ2) is 17.3. The first-order chi connectivity index (χ1) is 21.1. The molecule has 0 atom stereocenters. The number of ether oxygens (including phenoxy) is 3. The number of rotatable bonds is 19. The van der Waals surface area contributed by atoms with Crippen molar-refractivity contribution >= 4 is 11.9 Å². The summed E-state index contributed by atoms with van der Waals surface area (Å²) in [5, 5.41) is 18.0. The van der Waals surface area contributed by atoms with Crippen LogP contribution in [0.4, 0.5) is 13.2 Å². The number of carboxylic acid groups (broad SMARTS) is 2. The highest BCUT2D eigenvalue weighted by Gasteiger charge is 2.30. The van der Waals surface area contributed by atoms with Crippen molar-refractivity contribution < 1.29 is 47.2 Å². The van der Waals surface area contributed by atoms with Crippen molar-refractivity contribution in [3.8, 4) is 22.6 Å². The molecule has 0 aliphatic carbocycles. The molecule has 44 heavy (non-hydrogen) atoms. The SMILES string of the molecule is COCc1cc(OCCCCCCc2cccc(OCCCC(=O)O)c2CCC(=O)O)cc(-c2ccc(C(F)(F)F)cc2)c1. The van der Waals surface area contributed by atoms with Crippen molar-refractivity contribution in [1.82, 2.24) is 0 Å². The highest BCUT2D eigenvalue weighted by Crippen LogP contribution is 2.33. The van der Waals surface area contributed by atoms with Crippen LogP contribution in [0.2, 0.25) is 0 Å². The molecule has 0 amide bonds. The second-order valence-electron chi connectivity index (χ2n) is 10.5. The largest absolute Gasteiger partial charge is 0.494 e. The molecule has 2 N–H and O–H groups in total. The Hall–Kier alpha value is -4.05. The molecule has 0 aliphatic rings. The maximum atomic E-state index is 13.0. The number of hydrogen-bond donors (Lipinski definition) is 2. The third kappa shape index (κ3) is 11.6. The predicted octanol–water partition coefficient (Wildman–Crippen LogP) is 7.96. The van der Waals surface area contributed by atoms with Crippen LogP contribution in [0, 0.1) is 0 Å². The number of aryl methyl sites for hydroxylation is 1. The molecule has 0 heterocycles. The predicted molar refractivity (Wildman–Crippen MR) is 160 cm³/mol. The minimum absolute atomic E-state index is 0.00672. The molecule has 7 nitrogen and oxygen atoms in total. The lowest BCUT2D eigenvalue weighted by Crippen LogP contribution is -2.07. The summed E-state index contributed by atoms with van der Waals surface area (Å²) in [7, 11) is 1.58. The van der Waals surface area contributed by atoms with Crippen molar-refractivity contribution in [3.05, 3.63) is 82.9 Å². The first-order valence-corrected chi connectivity index (χ1v) is 14.7. The number of carbonyl (C=O) groups is 2. The van der Waals surface area contributed by atoms with Crippen LogP contribution in [-0.4, -0.2) is 42.5 Å². The van der Waals surface area contributed by atoms with Gasteiger partial charge in [0.1, 0.15) is 11.5 Å². The van der Waals surface area contributed by atoms with E-state index in [4.69, 9.17) is 19.3 Å². The molecule has 3 aromatic rings. The van der Waals surface area contributed by atoms with Gasteiger partial charge in [-0.1, -0.05) is 37.1 Å². The van der Waals surface area contributed by atoms with Crippen molar-refractivity contribution in [2.45, 2.75) is 70.6 Å². The summed E-state index contributed by atoms with van der Waals surface area (Å²) in [6.45, 7) is 1.07. The van der Waals surface area contributed by atoms with E-state index in [9.17, 15) is 27.9 Å². The van der Waals surface area contributed by atoms with Gasteiger partial charge in [-0.25, -0.2) is 0 Å². The van der Waals surface area contributed by atoms with Crippen LogP contribution < -0.4 is 9.47 Å². The van der Waals surface area contributed by atoms with Crippen LogP contribution in [0.3, 0.4) is 0 Å². The van der Waals surface area contributed by atoms with E-state index in [2.05, 4.69) is 0 Å². The fraction of sp³-hybridized carbons (Fsp3) is 0.412. The zero-order valence-corrected chi connectivity index (χ0v) is 24.8. The smallest absolute Gasteiger partial charge is 0.416 e. The quantitative estimate of drug-likeness (QED) is 0.132. The average molecular weight is 617 g/mol. The topological polar surface area (TPSA) is 102 Å². The van der Waals surface area contributed by atoms with Crippen molar-refractivity contribution in [2.75, 3.05) is 20.3 Å². The van der Waals surface area contributed by atoms with Gasteiger partial charge in [0, 0.05) is 20.0 Å². The Morgan fingerprint density at radius 3 is 2.14 bits per heavy atom. The minimum Gasteiger partial charge on any atom is -0.494 e. The number of benzene rings is 3. The number of methoxy groups -OCH3 is 1. The van der Waals surface area contributed by atoms with Crippen LogP contribution in [0.5, 0.6) is 11.5 Å². The molecule has 0 saturated heterocycles. The van der Waals surface area contributed by atoms with Crippen LogP contribution in [0.25, 0.3) is 11.1 Å². The van der Waals surface area contributed by atoms with E-state index in [1.807, 2.05) is 30.3 Å². The van der Waals surface area contributed by atoms with Gasteiger partial charge in [-0.15, -0.1) is 0 Å². The summed E-state index contributed by atoms with van der Waals surface area (Å²) in [6, 6.07) is 16.2. The minimum atomic E-state index is -4.39. The highest BCUT2D eigenvalue weighted by molar-refractivity contribution is 5.68. The molecular formula is C34H39F3O7. The normalized spacial score (nSPS) is 11.4. The van der Waals surface area contributed by atoms with Crippen LogP contribution in [0.15, 0.2) is 60.7 Å². The second-order valence-corrected chi connectivity index (χ2v) is 10.5. The van der Waals surface area contributed by atoms with Gasteiger partial charge in [0.15, 0.2) is 0 Å². The molecule has 0 fully saturated rings. The first kappa shape index (κ1) is 34.4. The standard InChI is InChI=1S/C34H39F3O7/c1-42-23-24-20-27(25-12-14-28(15-13-25)34(35,36)37)22-29(21-24)43-18-5-3-2-4-8-26-9-6-10-31(30(26)16-17-33(40)41)44-19-7-11-32(38)39/h6,9-10,12-15,20-22H,2-5,7-8,11,16-19,23H2,1H3,(H,38,39)(H,40,41). The fourth-order valence-corrected chi connectivity index (χ4v) is 4.88. The zero-order valence-electron chi connectivity index (χ0n) is 24.8. The molecule has 0 aromatic heterocycles. The monoisotopic (exact) mass is 616 g/mol. The molecular weight excluding hydrogens is 577 g/mol. The number of halogens is 3. The van der Waals surface area contributed by atoms with Crippen LogP contribution in [-0.2, 0) is 40.0 Å². The Labute approximate surface area is 255 Å². The summed E-state index contributed by atoms with van der Waals surface area (Å²) < 4.78 is 56.0. The summed E-state index contributed by atoms with van der Waals surface area (Å²) >= 11 is 0. The van der Waals surface area contributed by atoms with Gasteiger partial charge in [0.2, 0.25) is 0 Å². The zero-order chi connectivity index (χ0) is 32.0. The van der Waals surface area contributed by atoms with E-state index < -0.39 is 23.7 Å². The van der Waals surface area contributed by atoms with E-state index in [1.54, 1.807) is 13.2 Å². The van der Waals surface area contributed by atoms with Crippen LogP contribution in [0.1, 0.15) is 67.2 Å². The van der Waals surface area contributed by atoms with E-state index in [1.165, 1.54) is 12.1 Å². The van der Waals surface area contributed by atoms with E-state index in [0.717, 1.165) is 66.5 Å². The molecule has 0 bridgehead atoms. The molecule has 3 rings (SSSR count). The molecule has 0 saturated carbocycles. The summed E-state index contributed by atoms with van der Waals surface area (Å²) in [5.41, 5.74) is 3.44. The average Bonchev–Trinajstić information content (AvgIpc) is 2.97. The van der Waals surface area contributed by atoms with Crippen molar-refractivity contribution in [2.24, 2.45) is 0 Å². The van der Waals surface area contributed by atoms with Crippen LogP contribution >= 0.6 is 0 Å². The van der Waals surface area contributed by atoms with E-state index >= 15 is 0 Å². The Bertz CT molecular complexity index is 1350. The summed E-state index contributed by atoms with van der Waals surface area (Å²) in [5.74, 6) is -0.552. The molecule has 0 radical (unpaired) electrons. The Morgan fingerprint density at radius 1 is 0.750 bits per heavy atom. The van der Waals surface area contributed by atoms with Gasteiger partial charge in [-0.2, -0.15) is 13.2 Å². The lowest BCUT2D eigenvalue weighted by molar-refractivity contribution is -0.138. The maximum absolute atomic E-state index is 13.0. The fourth-order valence-electron chi connectivity index (χ4n) is 4.88. The third-order valence-corrected chi connectivity index (χ3v) is 7.04. The number of unbranched alkanes of at least 4 members (excludes halogenated alkanes) is 3. The number of alkyl halides is 3.